The Morgan fingerprint density at radius 1 is 0.862 bits per heavy atom. The Balaban J connectivity index is 1.96. The van der Waals surface area contributed by atoms with E-state index in [1.807, 2.05) is 0 Å². The lowest BCUT2D eigenvalue weighted by molar-refractivity contribution is -0.120. The van der Waals surface area contributed by atoms with Crippen LogP contribution in [0.1, 0.15) is 34.1 Å². The highest BCUT2D eigenvalue weighted by molar-refractivity contribution is 6.07. The maximum absolute atomic E-state index is 12.6. The topological polar surface area (TPSA) is 106 Å². The number of carbonyl (C=O) groups is 3. The van der Waals surface area contributed by atoms with Crippen LogP contribution in [0.3, 0.4) is 0 Å². The molecular weight excluding hydrogens is 374 g/mol. The molecular formula is C21H25N3O5. The third-order valence-corrected chi connectivity index (χ3v) is 4.11. The van der Waals surface area contributed by atoms with Crippen LogP contribution >= 0.6 is 0 Å². The van der Waals surface area contributed by atoms with Crippen molar-refractivity contribution in [3.63, 3.8) is 0 Å². The van der Waals surface area contributed by atoms with Gasteiger partial charge in [0.15, 0.2) is 11.5 Å². The van der Waals surface area contributed by atoms with Gasteiger partial charge in [0.1, 0.15) is 0 Å². The summed E-state index contributed by atoms with van der Waals surface area (Å²) in [4.78, 5) is 35.9. The predicted octanol–water partition coefficient (Wildman–Crippen LogP) is 2.21. The van der Waals surface area contributed by atoms with Gasteiger partial charge < -0.3 is 25.4 Å². The van der Waals surface area contributed by atoms with Gasteiger partial charge in [0.2, 0.25) is 5.91 Å². The number of hydrogen-bond donors (Lipinski definition) is 3. The second-order valence-corrected chi connectivity index (χ2v) is 6.03. The Bertz CT molecular complexity index is 865. The summed E-state index contributed by atoms with van der Waals surface area (Å²) in [5.41, 5.74) is 1.32. The fourth-order valence-electron chi connectivity index (χ4n) is 2.57. The van der Waals surface area contributed by atoms with E-state index in [4.69, 9.17) is 9.47 Å². The maximum Gasteiger partial charge on any atom is 0.259 e. The molecule has 3 amide bonds. The van der Waals surface area contributed by atoms with Gasteiger partial charge in [-0.25, -0.2) is 0 Å². The number of nitrogens with one attached hydrogen (secondary N) is 3. The number of methoxy groups -OCH3 is 2. The average molecular weight is 399 g/mol. The molecule has 154 valence electrons. The van der Waals surface area contributed by atoms with E-state index >= 15 is 0 Å². The third kappa shape index (κ3) is 5.97. The molecule has 2 aromatic carbocycles. The molecule has 0 aliphatic heterocycles. The number of amides is 3. The molecule has 0 aliphatic rings. The maximum atomic E-state index is 12.6. The van der Waals surface area contributed by atoms with Crippen LogP contribution in [-0.4, -0.2) is 45.0 Å². The molecule has 0 saturated heterocycles. The van der Waals surface area contributed by atoms with Crippen molar-refractivity contribution in [2.24, 2.45) is 0 Å². The summed E-state index contributed by atoms with van der Waals surface area (Å²) in [6.07, 6.45) is 0.406. The van der Waals surface area contributed by atoms with E-state index in [9.17, 15) is 14.4 Å². The normalized spacial score (nSPS) is 10.0. The first-order valence-electron chi connectivity index (χ1n) is 9.17. The molecule has 0 saturated carbocycles. The lowest BCUT2D eigenvalue weighted by Gasteiger charge is -2.13. The van der Waals surface area contributed by atoms with E-state index in [0.29, 0.717) is 47.8 Å². The number of carbonyl (C=O) groups excluding carboxylic acids is 3. The van der Waals surface area contributed by atoms with Gasteiger partial charge in [0.25, 0.3) is 11.8 Å². The highest BCUT2D eigenvalue weighted by Crippen LogP contribution is 2.31. The van der Waals surface area contributed by atoms with Gasteiger partial charge in [0.05, 0.1) is 19.8 Å². The molecule has 3 N–H and O–H groups in total. The van der Waals surface area contributed by atoms with Crippen molar-refractivity contribution in [2.45, 2.75) is 13.3 Å². The minimum absolute atomic E-state index is 0.0630. The van der Waals surface area contributed by atoms with E-state index in [1.165, 1.54) is 14.2 Å². The molecule has 8 heteroatoms. The standard InChI is InChI=1S/C21H25N3O5/c1-4-18(25)22-12-13-23-20(26)14-8-10-15(11-9-14)24-21(27)16-6-5-7-17(28-2)19(16)29-3/h5-11H,4,12-13H2,1-3H3,(H,22,25)(H,23,26)(H,24,27). The molecule has 0 atom stereocenters. The predicted molar refractivity (Wildman–Crippen MR) is 110 cm³/mol. The second kappa shape index (κ2) is 10.7. The molecule has 0 radical (unpaired) electrons. The molecule has 8 nitrogen and oxygen atoms in total. The van der Waals surface area contributed by atoms with Gasteiger partial charge in [-0.1, -0.05) is 13.0 Å². The zero-order chi connectivity index (χ0) is 21.2. The quantitative estimate of drug-likeness (QED) is 0.561. The van der Waals surface area contributed by atoms with Crippen LogP contribution in [0.4, 0.5) is 5.69 Å². The van der Waals surface area contributed by atoms with Crippen LogP contribution < -0.4 is 25.4 Å². The van der Waals surface area contributed by atoms with Crippen LogP contribution in [0.5, 0.6) is 11.5 Å². The highest BCUT2D eigenvalue weighted by Gasteiger charge is 2.16. The number of benzene rings is 2. The summed E-state index contributed by atoms with van der Waals surface area (Å²) in [7, 11) is 2.97. The summed E-state index contributed by atoms with van der Waals surface area (Å²) in [5, 5.41) is 8.17. The van der Waals surface area contributed by atoms with Crippen molar-refractivity contribution in [1.29, 1.82) is 0 Å². The lowest BCUT2D eigenvalue weighted by Crippen LogP contribution is -2.34. The molecule has 0 heterocycles. The average Bonchev–Trinajstić information content (AvgIpc) is 2.75. The smallest absolute Gasteiger partial charge is 0.259 e. The van der Waals surface area contributed by atoms with Crippen molar-refractivity contribution in [3.05, 3.63) is 53.6 Å². The Labute approximate surface area is 169 Å². The van der Waals surface area contributed by atoms with Crippen molar-refractivity contribution < 1.29 is 23.9 Å². The first-order chi connectivity index (χ1) is 14.0. The van der Waals surface area contributed by atoms with Crippen molar-refractivity contribution in [2.75, 3.05) is 32.6 Å². The summed E-state index contributed by atoms with van der Waals surface area (Å²) in [5.74, 6) is 0.126. The summed E-state index contributed by atoms with van der Waals surface area (Å²) in [6, 6.07) is 11.5. The zero-order valence-corrected chi connectivity index (χ0v) is 16.7. The van der Waals surface area contributed by atoms with Gasteiger partial charge in [-0.15, -0.1) is 0 Å². The molecule has 0 unspecified atom stereocenters. The number of rotatable bonds is 9. The van der Waals surface area contributed by atoms with Gasteiger partial charge in [-0.05, 0) is 36.4 Å². The summed E-state index contributed by atoms with van der Waals surface area (Å²) < 4.78 is 10.5. The molecule has 0 bridgehead atoms. The van der Waals surface area contributed by atoms with E-state index in [2.05, 4.69) is 16.0 Å². The third-order valence-electron chi connectivity index (χ3n) is 4.11. The number of para-hydroxylation sites is 1. The van der Waals surface area contributed by atoms with Crippen LogP contribution in [0.25, 0.3) is 0 Å². The number of anilines is 1. The Morgan fingerprint density at radius 2 is 1.55 bits per heavy atom. The molecule has 0 spiro atoms. The summed E-state index contributed by atoms with van der Waals surface area (Å²) in [6.45, 7) is 2.46. The van der Waals surface area contributed by atoms with E-state index in [0.717, 1.165) is 0 Å². The Hall–Kier alpha value is -3.55. The van der Waals surface area contributed by atoms with Gasteiger partial charge in [0, 0.05) is 30.8 Å². The van der Waals surface area contributed by atoms with Crippen LogP contribution in [0.2, 0.25) is 0 Å². The minimum Gasteiger partial charge on any atom is -0.493 e. The molecule has 2 rings (SSSR count). The van der Waals surface area contributed by atoms with Gasteiger partial charge >= 0.3 is 0 Å². The van der Waals surface area contributed by atoms with Gasteiger partial charge in [-0.2, -0.15) is 0 Å². The van der Waals surface area contributed by atoms with E-state index in [1.54, 1.807) is 49.4 Å². The monoisotopic (exact) mass is 399 g/mol. The lowest BCUT2D eigenvalue weighted by atomic mass is 10.1. The fraction of sp³-hybridized carbons (Fsp3) is 0.286. The number of ether oxygens (including phenoxy) is 2. The van der Waals surface area contributed by atoms with Crippen molar-refractivity contribution in [3.8, 4) is 11.5 Å². The Kier molecular flexibility index (Phi) is 8.02. The number of hydrogen-bond acceptors (Lipinski definition) is 5. The van der Waals surface area contributed by atoms with Gasteiger partial charge in [-0.3, -0.25) is 14.4 Å². The zero-order valence-electron chi connectivity index (χ0n) is 16.7. The molecule has 0 aliphatic carbocycles. The fourth-order valence-corrected chi connectivity index (χ4v) is 2.57. The van der Waals surface area contributed by atoms with Crippen LogP contribution in [0, 0.1) is 0 Å². The van der Waals surface area contributed by atoms with Crippen molar-refractivity contribution in [1.82, 2.24) is 10.6 Å². The molecule has 0 aromatic heterocycles. The van der Waals surface area contributed by atoms with Crippen LogP contribution in [-0.2, 0) is 4.79 Å². The van der Waals surface area contributed by atoms with E-state index < -0.39 is 0 Å². The largest absolute Gasteiger partial charge is 0.493 e. The first-order valence-corrected chi connectivity index (χ1v) is 9.17. The first kappa shape index (κ1) is 21.7. The highest BCUT2D eigenvalue weighted by atomic mass is 16.5. The SMILES string of the molecule is CCC(=O)NCCNC(=O)c1ccc(NC(=O)c2cccc(OC)c2OC)cc1. The Morgan fingerprint density at radius 3 is 2.17 bits per heavy atom. The molecule has 2 aromatic rings. The minimum atomic E-state index is -0.357. The van der Waals surface area contributed by atoms with Crippen LogP contribution in [0.15, 0.2) is 42.5 Å². The molecule has 0 fully saturated rings. The summed E-state index contributed by atoms with van der Waals surface area (Å²) >= 11 is 0. The second-order valence-electron chi connectivity index (χ2n) is 6.03. The molecule has 29 heavy (non-hydrogen) atoms. The van der Waals surface area contributed by atoms with Crippen molar-refractivity contribution >= 4 is 23.4 Å². The van der Waals surface area contributed by atoms with E-state index in [-0.39, 0.29) is 17.7 Å².